The molecule has 0 spiro atoms. The molecule has 2 rings (SSSR count). The Balaban J connectivity index is 2.55. The second-order valence-electron chi connectivity index (χ2n) is 4.25. The first-order valence-corrected chi connectivity index (χ1v) is 6.61. The van der Waals surface area contributed by atoms with Crippen LogP contribution in [0.5, 0.6) is 0 Å². The van der Waals surface area contributed by atoms with Crippen molar-refractivity contribution in [1.29, 1.82) is 5.26 Å². The molecular formula is C16H10Cl2FN. The van der Waals surface area contributed by atoms with E-state index in [1.165, 1.54) is 12.1 Å². The molecule has 20 heavy (non-hydrogen) atoms. The molecule has 0 fully saturated rings. The fraction of sp³-hybridized carbons (Fsp3) is 0.0625. The molecule has 100 valence electrons. The van der Waals surface area contributed by atoms with E-state index in [9.17, 15) is 9.65 Å². The van der Waals surface area contributed by atoms with Crippen molar-refractivity contribution in [2.45, 2.75) is 6.92 Å². The molecule has 0 heterocycles. The molecule has 0 N–H and O–H groups in total. The zero-order valence-corrected chi connectivity index (χ0v) is 12.1. The van der Waals surface area contributed by atoms with Crippen molar-refractivity contribution >= 4 is 34.9 Å². The minimum atomic E-state index is -0.523. The largest absolute Gasteiger partial charge is 0.206 e. The van der Waals surface area contributed by atoms with Gasteiger partial charge in [-0.05, 0) is 48.4 Å². The smallest absolute Gasteiger partial charge is 0.133 e. The quantitative estimate of drug-likeness (QED) is 0.530. The van der Waals surface area contributed by atoms with Gasteiger partial charge in [-0.25, -0.2) is 4.39 Å². The Bertz CT molecular complexity index is 730. The summed E-state index contributed by atoms with van der Waals surface area (Å²) in [6, 6.07) is 11.6. The molecular weight excluding hydrogens is 296 g/mol. The first-order valence-electron chi connectivity index (χ1n) is 5.85. The van der Waals surface area contributed by atoms with Gasteiger partial charge >= 0.3 is 0 Å². The summed E-state index contributed by atoms with van der Waals surface area (Å²) in [5.74, 6) is -0.523. The van der Waals surface area contributed by atoms with Crippen molar-refractivity contribution in [1.82, 2.24) is 0 Å². The van der Waals surface area contributed by atoms with Crippen LogP contribution in [0.3, 0.4) is 0 Å². The number of allylic oxidation sites excluding steroid dienone is 1. The molecule has 0 unspecified atom stereocenters. The van der Waals surface area contributed by atoms with Crippen LogP contribution in [0.25, 0.3) is 11.6 Å². The fourth-order valence-electron chi connectivity index (χ4n) is 1.81. The third kappa shape index (κ3) is 3.01. The average Bonchev–Trinajstić information content (AvgIpc) is 2.41. The number of nitriles is 1. The van der Waals surface area contributed by atoms with Crippen molar-refractivity contribution in [3.8, 4) is 6.07 Å². The minimum Gasteiger partial charge on any atom is -0.206 e. The van der Waals surface area contributed by atoms with Crippen LogP contribution in [0.1, 0.15) is 16.7 Å². The molecule has 0 aromatic heterocycles. The van der Waals surface area contributed by atoms with E-state index in [-0.39, 0.29) is 11.1 Å². The van der Waals surface area contributed by atoms with E-state index in [1.54, 1.807) is 24.3 Å². The van der Waals surface area contributed by atoms with E-state index in [0.29, 0.717) is 10.0 Å². The minimum absolute atomic E-state index is 0.219. The molecule has 0 atom stereocenters. The molecule has 0 amide bonds. The fourth-order valence-corrected chi connectivity index (χ4v) is 2.15. The number of benzene rings is 2. The maximum absolute atomic E-state index is 13.9. The molecule has 0 aliphatic rings. The van der Waals surface area contributed by atoms with E-state index >= 15 is 0 Å². The van der Waals surface area contributed by atoms with E-state index in [2.05, 4.69) is 0 Å². The van der Waals surface area contributed by atoms with Gasteiger partial charge in [0.1, 0.15) is 5.82 Å². The van der Waals surface area contributed by atoms with Crippen molar-refractivity contribution in [3.05, 3.63) is 69.0 Å². The summed E-state index contributed by atoms with van der Waals surface area (Å²) in [6.45, 7) is 1.85. The lowest BCUT2D eigenvalue weighted by Crippen LogP contribution is -1.89. The van der Waals surface area contributed by atoms with E-state index < -0.39 is 5.82 Å². The van der Waals surface area contributed by atoms with Crippen LogP contribution < -0.4 is 0 Å². The maximum atomic E-state index is 13.9. The van der Waals surface area contributed by atoms with E-state index in [0.717, 1.165) is 11.1 Å². The molecule has 0 aliphatic carbocycles. The number of rotatable bonds is 2. The first-order chi connectivity index (χ1) is 9.52. The predicted octanol–water partition coefficient (Wildman–Crippen LogP) is 5.51. The second kappa shape index (κ2) is 6.09. The highest BCUT2D eigenvalue weighted by Crippen LogP contribution is 2.26. The van der Waals surface area contributed by atoms with Crippen molar-refractivity contribution in [3.63, 3.8) is 0 Å². The van der Waals surface area contributed by atoms with Gasteiger partial charge in [0, 0.05) is 15.6 Å². The zero-order chi connectivity index (χ0) is 14.7. The molecule has 0 bridgehead atoms. The Morgan fingerprint density at radius 2 is 2.00 bits per heavy atom. The second-order valence-corrected chi connectivity index (χ2v) is 5.09. The third-order valence-electron chi connectivity index (χ3n) is 2.95. The van der Waals surface area contributed by atoms with Gasteiger partial charge in [-0.2, -0.15) is 5.26 Å². The summed E-state index contributed by atoms with van der Waals surface area (Å²) in [4.78, 5) is 0. The van der Waals surface area contributed by atoms with Crippen molar-refractivity contribution in [2.24, 2.45) is 0 Å². The monoisotopic (exact) mass is 305 g/mol. The van der Waals surface area contributed by atoms with Gasteiger partial charge in [-0.1, -0.05) is 35.3 Å². The summed E-state index contributed by atoms with van der Waals surface area (Å²) in [7, 11) is 0. The summed E-state index contributed by atoms with van der Waals surface area (Å²) >= 11 is 11.7. The molecule has 4 heteroatoms. The van der Waals surface area contributed by atoms with Crippen LogP contribution >= 0.6 is 23.2 Å². The Labute approximate surface area is 126 Å². The Kier molecular flexibility index (Phi) is 4.44. The van der Waals surface area contributed by atoms with Gasteiger partial charge in [0.15, 0.2) is 0 Å². The standard InChI is InChI=1S/C16H10Cl2FN/c1-10-11(3-2-4-15(10)18)7-12(9-20)14-6-5-13(17)8-16(14)19/h2-8H,1H3. The molecule has 1 nitrogen and oxygen atoms in total. The lowest BCUT2D eigenvalue weighted by Gasteiger charge is -2.05. The lowest BCUT2D eigenvalue weighted by atomic mass is 10.0. The van der Waals surface area contributed by atoms with Gasteiger partial charge < -0.3 is 0 Å². The third-order valence-corrected chi connectivity index (χ3v) is 3.60. The van der Waals surface area contributed by atoms with Gasteiger partial charge in [-0.15, -0.1) is 0 Å². The predicted molar refractivity (Wildman–Crippen MR) is 81.1 cm³/mol. The summed E-state index contributed by atoms with van der Waals surface area (Å²) in [5, 5.41) is 10.1. The molecule has 2 aromatic carbocycles. The SMILES string of the molecule is Cc1c(Cl)cccc1C=C(C#N)c1ccc(Cl)cc1F. The molecule has 0 saturated heterocycles. The molecule has 0 radical (unpaired) electrons. The number of hydrogen-bond acceptors (Lipinski definition) is 1. The maximum Gasteiger partial charge on any atom is 0.133 e. The van der Waals surface area contributed by atoms with Gasteiger partial charge in [0.05, 0.1) is 11.6 Å². The summed E-state index contributed by atoms with van der Waals surface area (Å²) in [5.41, 5.74) is 2.07. The molecule has 2 aromatic rings. The Morgan fingerprint density at radius 3 is 2.65 bits per heavy atom. The highest BCUT2D eigenvalue weighted by Gasteiger charge is 2.09. The van der Waals surface area contributed by atoms with Gasteiger partial charge in [-0.3, -0.25) is 0 Å². The number of halogens is 3. The highest BCUT2D eigenvalue weighted by atomic mass is 35.5. The van der Waals surface area contributed by atoms with Gasteiger partial charge in [0.25, 0.3) is 0 Å². The summed E-state index contributed by atoms with van der Waals surface area (Å²) < 4.78 is 13.9. The average molecular weight is 306 g/mol. The van der Waals surface area contributed by atoms with Crippen LogP contribution in [0.2, 0.25) is 10.0 Å². The number of nitrogens with zero attached hydrogens (tertiary/aromatic N) is 1. The first kappa shape index (κ1) is 14.6. The van der Waals surface area contributed by atoms with Crippen LogP contribution in [-0.2, 0) is 0 Å². The van der Waals surface area contributed by atoms with Crippen LogP contribution in [0.4, 0.5) is 4.39 Å². The zero-order valence-electron chi connectivity index (χ0n) is 10.6. The van der Waals surface area contributed by atoms with Crippen LogP contribution in [-0.4, -0.2) is 0 Å². The summed E-state index contributed by atoms with van der Waals surface area (Å²) in [6.07, 6.45) is 1.62. The van der Waals surface area contributed by atoms with E-state index in [4.69, 9.17) is 23.2 Å². The Hall–Kier alpha value is -1.82. The topological polar surface area (TPSA) is 23.8 Å². The van der Waals surface area contributed by atoms with Gasteiger partial charge in [0.2, 0.25) is 0 Å². The van der Waals surface area contributed by atoms with E-state index in [1.807, 2.05) is 19.1 Å². The lowest BCUT2D eigenvalue weighted by molar-refractivity contribution is 0.624. The highest BCUT2D eigenvalue weighted by molar-refractivity contribution is 6.31. The van der Waals surface area contributed by atoms with Crippen LogP contribution in [0, 0.1) is 24.1 Å². The van der Waals surface area contributed by atoms with Crippen LogP contribution in [0.15, 0.2) is 36.4 Å². The number of hydrogen-bond donors (Lipinski definition) is 0. The molecule has 0 saturated carbocycles. The normalized spacial score (nSPS) is 11.2. The molecule has 0 aliphatic heterocycles. The van der Waals surface area contributed by atoms with Crippen molar-refractivity contribution < 1.29 is 4.39 Å². The van der Waals surface area contributed by atoms with Crippen molar-refractivity contribution in [2.75, 3.05) is 0 Å². The Morgan fingerprint density at radius 1 is 1.25 bits per heavy atom.